The molecule has 0 fully saturated rings. The molecule has 0 spiro atoms. The van der Waals surface area contributed by atoms with E-state index in [0.29, 0.717) is 25.7 Å². The monoisotopic (exact) mass is 1320 g/mol. The zero-order valence-corrected chi connectivity index (χ0v) is 79.7. The maximum atomic E-state index is 10.2. The first-order valence-electron chi connectivity index (χ1n) is 26.7. The van der Waals surface area contributed by atoms with Crippen LogP contribution < -0.4 is 325 Å². The van der Waals surface area contributed by atoms with E-state index in [0.717, 1.165) is 51.4 Å². The van der Waals surface area contributed by atoms with E-state index in [2.05, 4.69) is 44.4 Å². The Kier molecular flexibility index (Phi) is 159. The molecule has 4 N–H and O–H groups in total. The number of hydrogen-bond acceptors (Lipinski definition) is 12. The summed E-state index contributed by atoms with van der Waals surface area (Å²) >= 11 is 0. The first-order valence-corrected chi connectivity index (χ1v) is 32.2. The summed E-state index contributed by atoms with van der Waals surface area (Å²) < 4.78 is 132. The number of unbranched alkanes of at least 4 members (excludes halogenated alkanes) is 36. The number of hydrogen-bond donors (Lipinski definition) is 4. The molecule has 416 valence electrons. The van der Waals surface area contributed by atoms with Crippen molar-refractivity contribution in [3.63, 3.8) is 0 Å². The van der Waals surface area contributed by atoms with Crippen LogP contribution in [0.4, 0.5) is 0 Å². The molecule has 16 nitrogen and oxygen atoms in total. The van der Waals surface area contributed by atoms with Gasteiger partial charge in [0.05, 0.1) is 26.4 Å². The molecule has 0 saturated carbocycles. The van der Waals surface area contributed by atoms with Crippen molar-refractivity contribution in [1.29, 1.82) is 0 Å². The molecule has 0 bridgehead atoms. The molecule has 79 heavy (non-hydrogen) atoms. The van der Waals surface area contributed by atoms with Crippen LogP contribution in [-0.4, -0.2) is 78.3 Å². The summed E-state index contributed by atoms with van der Waals surface area (Å²) in [5, 5.41) is 0. The molecule has 0 amide bonds. The molecule has 0 rings (SSSR count). The molecule has 0 radical (unpaired) electrons. The molecule has 31 heteroatoms. The van der Waals surface area contributed by atoms with Crippen LogP contribution in [0.1, 0.15) is 285 Å². The average Bonchev–Trinajstić information content (AvgIpc) is 3.25. The standard InChI is InChI=1S/4C12H26O4S.11Na/c4*1-2-3-4-5-6-7-8-9-10-11-12-16-17(13,14)15;;;;;;;;;;;/h4*2-12H2,1H3,(H,13,14,15);;;;;;;;;;;/q;;;;11*+1. The Labute approximate surface area is 731 Å². The van der Waals surface area contributed by atoms with Crippen LogP contribution in [0.25, 0.3) is 0 Å². The molecular weight excluding hydrogens is 1210 g/mol. The van der Waals surface area contributed by atoms with E-state index in [1.165, 1.54) is 180 Å². The van der Waals surface area contributed by atoms with E-state index in [1.54, 1.807) is 0 Å². The van der Waals surface area contributed by atoms with E-state index in [-0.39, 0.29) is 352 Å². The van der Waals surface area contributed by atoms with Gasteiger partial charge in [-0.05, 0) is 25.7 Å². The molecule has 0 aromatic rings. The second-order valence-corrected chi connectivity index (χ2v) is 22.1. The van der Waals surface area contributed by atoms with E-state index >= 15 is 0 Å². The van der Waals surface area contributed by atoms with Crippen LogP contribution in [0.2, 0.25) is 0 Å². The molecule has 0 heterocycles. The molecule has 0 aliphatic rings. The van der Waals surface area contributed by atoms with Crippen molar-refractivity contribution in [3.8, 4) is 0 Å². The third kappa shape index (κ3) is 150. The van der Waals surface area contributed by atoms with Gasteiger partial charge in [-0.15, -0.1) is 0 Å². The second-order valence-electron chi connectivity index (χ2n) is 17.7. The van der Waals surface area contributed by atoms with Gasteiger partial charge in [0.25, 0.3) is 0 Å². The third-order valence-corrected chi connectivity index (χ3v) is 12.8. The van der Waals surface area contributed by atoms with Crippen LogP contribution in [-0.2, 0) is 58.3 Å². The molecule has 0 aliphatic carbocycles. The third-order valence-electron chi connectivity index (χ3n) is 10.9. The van der Waals surface area contributed by atoms with Gasteiger partial charge in [0.1, 0.15) is 0 Å². The van der Waals surface area contributed by atoms with Crippen molar-refractivity contribution < 1.29 is 394 Å². The Hall–Kier alpha value is 10.5. The van der Waals surface area contributed by atoms with Gasteiger partial charge in [-0.25, -0.2) is 16.7 Å². The second kappa shape index (κ2) is 99.5. The Balaban J connectivity index is -0.0000000508. The fourth-order valence-electron chi connectivity index (χ4n) is 7.01. The van der Waals surface area contributed by atoms with Crippen molar-refractivity contribution in [3.05, 3.63) is 0 Å². The Bertz CT molecular complexity index is 1260. The molecule has 0 aromatic heterocycles. The zero-order valence-electron chi connectivity index (χ0n) is 54.4. The molecule has 0 aromatic carbocycles. The van der Waals surface area contributed by atoms with Crippen molar-refractivity contribution >= 4 is 41.6 Å². The van der Waals surface area contributed by atoms with Gasteiger partial charge in [0.15, 0.2) is 0 Å². The van der Waals surface area contributed by atoms with E-state index in [4.69, 9.17) is 18.2 Å². The summed E-state index contributed by atoms with van der Waals surface area (Å²) in [5.74, 6) is 0. The van der Waals surface area contributed by atoms with Crippen molar-refractivity contribution in [2.75, 3.05) is 26.4 Å². The summed E-state index contributed by atoms with van der Waals surface area (Å²) in [6, 6.07) is 0. The predicted molar refractivity (Wildman–Crippen MR) is 277 cm³/mol. The molecular formula is C48H104Na11O16S4+11. The maximum Gasteiger partial charge on any atom is 1.00 e. The van der Waals surface area contributed by atoms with Crippen molar-refractivity contribution in [1.82, 2.24) is 0 Å². The summed E-state index contributed by atoms with van der Waals surface area (Å²) in [6.07, 6.45) is 47.4. The minimum atomic E-state index is -4.23. The Morgan fingerprint density at radius 1 is 0.190 bits per heavy atom. The molecule has 0 unspecified atom stereocenters. The van der Waals surface area contributed by atoms with Gasteiger partial charge < -0.3 is 0 Å². The van der Waals surface area contributed by atoms with Crippen LogP contribution in [0.15, 0.2) is 0 Å². The van der Waals surface area contributed by atoms with Gasteiger partial charge in [0.2, 0.25) is 0 Å². The first-order chi connectivity index (χ1) is 32.2. The van der Waals surface area contributed by atoms with E-state index in [1.807, 2.05) is 0 Å². The SMILES string of the molecule is CCCCCCCCCCCCOS(=O)(=O)O.CCCCCCCCCCCCOS(=O)(=O)O.CCCCCCCCCCCCOS(=O)(=O)O.CCCCCCCCCCCCOS(=O)(=O)O.[Na+].[Na+].[Na+].[Na+].[Na+].[Na+].[Na+].[Na+].[Na+].[Na+].[Na+]. The molecule has 0 atom stereocenters. The van der Waals surface area contributed by atoms with Crippen LogP contribution >= 0.6 is 0 Å². The molecule has 0 aliphatic heterocycles. The molecule has 0 saturated heterocycles. The van der Waals surface area contributed by atoms with E-state index in [9.17, 15) is 33.7 Å². The minimum Gasteiger partial charge on any atom is -0.264 e. The Morgan fingerprint density at radius 3 is 0.367 bits per heavy atom. The van der Waals surface area contributed by atoms with Crippen molar-refractivity contribution in [2.24, 2.45) is 0 Å². The smallest absolute Gasteiger partial charge is 0.264 e. The summed E-state index contributed by atoms with van der Waals surface area (Å²) in [5.41, 5.74) is 0. The first kappa shape index (κ1) is 126. The normalized spacial score (nSPS) is 10.2. The maximum absolute atomic E-state index is 10.2. The van der Waals surface area contributed by atoms with Crippen LogP contribution in [0, 0.1) is 0 Å². The Morgan fingerprint density at radius 2 is 0.278 bits per heavy atom. The quantitative estimate of drug-likeness (QED) is 0.0251. The topological polar surface area (TPSA) is 254 Å². The van der Waals surface area contributed by atoms with Crippen molar-refractivity contribution in [2.45, 2.75) is 285 Å². The average molecular weight is 1320 g/mol. The van der Waals surface area contributed by atoms with Crippen LogP contribution in [0.3, 0.4) is 0 Å². The minimum absolute atomic E-state index is 0. The predicted octanol–water partition coefficient (Wildman–Crippen LogP) is -18.0. The zero-order chi connectivity index (χ0) is 51.9. The largest absolute Gasteiger partial charge is 1.00 e. The van der Waals surface area contributed by atoms with Gasteiger partial charge in [-0.3, -0.25) is 18.2 Å². The van der Waals surface area contributed by atoms with Gasteiger partial charge in [0, 0.05) is 0 Å². The van der Waals surface area contributed by atoms with Gasteiger partial charge in [-0.2, -0.15) is 33.7 Å². The summed E-state index contributed by atoms with van der Waals surface area (Å²) in [7, 11) is -16.9. The van der Waals surface area contributed by atoms with Crippen LogP contribution in [0.5, 0.6) is 0 Å². The fraction of sp³-hybridized carbons (Fsp3) is 1.00. The summed E-state index contributed by atoms with van der Waals surface area (Å²) in [4.78, 5) is 0. The van der Waals surface area contributed by atoms with Gasteiger partial charge >= 0.3 is 367 Å². The van der Waals surface area contributed by atoms with Gasteiger partial charge in [-0.1, -0.05) is 259 Å². The summed E-state index contributed by atoms with van der Waals surface area (Å²) in [6.45, 7) is 9.24. The number of rotatable bonds is 48. The fourth-order valence-corrected chi connectivity index (χ4v) is 8.33. The van der Waals surface area contributed by atoms with E-state index < -0.39 is 41.6 Å².